The maximum absolute atomic E-state index is 4.06. The summed E-state index contributed by atoms with van der Waals surface area (Å²) in [7, 11) is 0. The Kier molecular flexibility index (Phi) is 4.39. The molecule has 0 radical (unpaired) electrons. The molecule has 0 aliphatic carbocycles. The number of hydrogen-bond donors (Lipinski definition) is 1. The van der Waals surface area contributed by atoms with Crippen LogP contribution < -0.4 is 5.32 Å². The minimum absolute atomic E-state index is 1.06. The van der Waals surface area contributed by atoms with Crippen molar-refractivity contribution < 1.29 is 0 Å². The first kappa shape index (κ1) is 9.20. The molecule has 0 aromatic carbocycles. The van der Waals surface area contributed by atoms with Gasteiger partial charge in [-0.15, -0.1) is 0 Å². The topological polar surface area (TPSA) is 24.9 Å². The summed E-state index contributed by atoms with van der Waals surface area (Å²) in [6.07, 6.45) is 6.01. The molecule has 0 saturated heterocycles. The van der Waals surface area contributed by atoms with E-state index in [1.165, 1.54) is 12.0 Å². The molecule has 0 aliphatic rings. The molecule has 66 valence electrons. The zero-order valence-corrected chi connectivity index (χ0v) is 7.59. The van der Waals surface area contributed by atoms with Gasteiger partial charge in [-0.3, -0.25) is 4.98 Å². The third-order valence-corrected chi connectivity index (χ3v) is 1.74. The third-order valence-electron chi connectivity index (χ3n) is 1.74. The number of hydrogen-bond acceptors (Lipinski definition) is 2. The molecule has 0 saturated carbocycles. The lowest BCUT2D eigenvalue weighted by molar-refractivity contribution is 0.670. The van der Waals surface area contributed by atoms with Crippen LogP contribution in [-0.2, 0) is 6.42 Å². The lowest BCUT2D eigenvalue weighted by Crippen LogP contribution is -2.17. The second kappa shape index (κ2) is 5.72. The fourth-order valence-corrected chi connectivity index (χ4v) is 1.08. The number of nitrogens with zero attached hydrogens (tertiary/aromatic N) is 1. The van der Waals surface area contributed by atoms with E-state index in [4.69, 9.17) is 0 Å². The summed E-state index contributed by atoms with van der Waals surface area (Å²) in [4.78, 5) is 4.06. The molecule has 0 atom stereocenters. The lowest BCUT2D eigenvalue weighted by atomic mass is 10.2. The van der Waals surface area contributed by atoms with Crippen LogP contribution in [0.1, 0.15) is 18.9 Å². The molecule has 0 fully saturated rings. The van der Waals surface area contributed by atoms with Crippen molar-refractivity contribution in [3.63, 3.8) is 0 Å². The standard InChI is InChI=1S/C10H16N2/c1-2-6-11-8-5-10-4-3-7-12-9-10/h3-4,7,9,11H,2,5-6,8H2,1H3. The summed E-state index contributed by atoms with van der Waals surface area (Å²) in [6.45, 7) is 4.34. The van der Waals surface area contributed by atoms with E-state index in [-0.39, 0.29) is 0 Å². The van der Waals surface area contributed by atoms with Gasteiger partial charge in [0, 0.05) is 12.4 Å². The van der Waals surface area contributed by atoms with E-state index in [0.29, 0.717) is 0 Å². The maximum atomic E-state index is 4.06. The van der Waals surface area contributed by atoms with E-state index in [1.807, 2.05) is 18.5 Å². The molecule has 0 spiro atoms. The first-order valence-corrected chi connectivity index (χ1v) is 4.53. The largest absolute Gasteiger partial charge is 0.316 e. The molecule has 0 bridgehead atoms. The molecule has 2 nitrogen and oxygen atoms in total. The normalized spacial score (nSPS) is 10.1. The van der Waals surface area contributed by atoms with Gasteiger partial charge in [-0.2, -0.15) is 0 Å². The highest BCUT2D eigenvalue weighted by Gasteiger charge is 1.90. The summed E-state index contributed by atoms with van der Waals surface area (Å²) in [5.41, 5.74) is 1.31. The quantitative estimate of drug-likeness (QED) is 0.669. The minimum atomic E-state index is 1.06. The predicted octanol–water partition coefficient (Wildman–Crippen LogP) is 1.62. The maximum Gasteiger partial charge on any atom is 0.0300 e. The monoisotopic (exact) mass is 164 g/mol. The summed E-state index contributed by atoms with van der Waals surface area (Å²) in [5.74, 6) is 0. The molecule has 1 rings (SSSR count). The lowest BCUT2D eigenvalue weighted by Gasteiger charge is -2.01. The van der Waals surface area contributed by atoms with Crippen molar-refractivity contribution in [2.75, 3.05) is 13.1 Å². The number of aromatic nitrogens is 1. The van der Waals surface area contributed by atoms with E-state index in [2.05, 4.69) is 23.3 Å². The van der Waals surface area contributed by atoms with Gasteiger partial charge in [0.05, 0.1) is 0 Å². The van der Waals surface area contributed by atoms with Crippen LogP contribution in [0.5, 0.6) is 0 Å². The summed E-state index contributed by atoms with van der Waals surface area (Å²) >= 11 is 0. The van der Waals surface area contributed by atoms with Crippen LogP contribution in [0.2, 0.25) is 0 Å². The summed E-state index contributed by atoms with van der Waals surface area (Å²) in [6, 6.07) is 4.09. The predicted molar refractivity (Wildman–Crippen MR) is 51.1 cm³/mol. The Morgan fingerprint density at radius 1 is 1.42 bits per heavy atom. The van der Waals surface area contributed by atoms with Crippen molar-refractivity contribution in [2.45, 2.75) is 19.8 Å². The third kappa shape index (κ3) is 3.49. The minimum Gasteiger partial charge on any atom is -0.316 e. The Hall–Kier alpha value is -0.890. The zero-order chi connectivity index (χ0) is 8.65. The van der Waals surface area contributed by atoms with E-state index in [1.54, 1.807) is 0 Å². The van der Waals surface area contributed by atoms with Crippen LogP contribution in [0, 0.1) is 0 Å². The molecular weight excluding hydrogens is 148 g/mol. The highest BCUT2D eigenvalue weighted by molar-refractivity contribution is 5.08. The fourth-order valence-electron chi connectivity index (χ4n) is 1.08. The smallest absolute Gasteiger partial charge is 0.0300 e. The molecule has 2 heteroatoms. The SMILES string of the molecule is CCCNCCc1cccnc1. The first-order chi connectivity index (χ1) is 5.93. The first-order valence-electron chi connectivity index (χ1n) is 4.53. The van der Waals surface area contributed by atoms with Crippen LogP contribution in [0.3, 0.4) is 0 Å². The van der Waals surface area contributed by atoms with Crippen LogP contribution >= 0.6 is 0 Å². The van der Waals surface area contributed by atoms with Gasteiger partial charge in [0.2, 0.25) is 0 Å². The molecule has 0 unspecified atom stereocenters. The Balaban J connectivity index is 2.16. The Morgan fingerprint density at radius 2 is 2.33 bits per heavy atom. The average Bonchev–Trinajstić information content (AvgIpc) is 2.14. The van der Waals surface area contributed by atoms with Crippen LogP contribution in [0.4, 0.5) is 0 Å². The molecule has 0 amide bonds. The van der Waals surface area contributed by atoms with Gasteiger partial charge >= 0.3 is 0 Å². The van der Waals surface area contributed by atoms with Crippen LogP contribution in [-0.4, -0.2) is 18.1 Å². The van der Waals surface area contributed by atoms with Gasteiger partial charge < -0.3 is 5.32 Å². The van der Waals surface area contributed by atoms with Gasteiger partial charge in [0.25, 0.3) is 0 Å². The molecule has 12 heavy (non-hydrogen) atoms. The van der Waals surface area contributed by atoms with Crippen molar-refractivity contribution in [3.05, 3.63) is 30.1 Å². The van der Waals surface area contributed by atoms with E-state index < -0.39 is 0 Å². The van der Waals surface area contributed by atoms with Gasteiger partial charge in [0.15, 0.2) is 0 Å². The molecule has 0 aliphatic heterocycles. The second-order valence-corrected chi connectivity index (χ2v) is 2.86. The molecule has 1 heterocycles. The number of rotatable bonds is 5. The van der Waals surface area contributed by atoms with Crippen LogP contribution in [0.25, 0.3) is 0 Å². The molecule has 1 N–H and O–H groups in total. The molecular formula is C10H16N2. The van der Waals surface area contributed by atoms with Crippen molar-refractivity contribution in [1.82, 2.24) is 10.3 Å². The Bertz CT molecular complexity index is 196. The van der Waals surface area contributed by atoms with Gasteiger partial charge in [0.1, 0.15) is 0 Å². The van der Waals surface area contributed by atoms with Gasteiger partial charge in [-0.1, -0.05) is 13.0 Å². The van der Waals surface area contributed by atoms with Crippen LogP contribution in [0.15, 0.2) is 24.5 Å². The summed E-state index contributed by atoms with van der Waals surface area (Å²) in [5, 5.41) is 3.36. The van der Waals surface area contributed by atoms with E-state index in [0.717, 1.165) is 19.5 Å². The zero-order valence-electron chi connectivity index (χ0n) is 7.59. The number of nitrogens with one attached hydrogen (secondary N) is 1. The van der Waals surface area contributed by atoms with E-state index in [9.17, 15) is 0 Å². The average molecular weight is 164 g/mol. The fraction of sp³-hybridized carbons (Fsp3) is 0.500. The number of pyridine rings is 1. The highest BCUT2D eigenvalue weighted by atomic mass is 14.8. The van der Waals surface area contributed by atoms with E-state index >= 15 is 0 Å². The van der Waals surface area contributed by atoms with Crippen molar-refractivity contribution in [3.8, 4) is 0 Å². The highest BCUT2D eigenvalue weighted by Crippen LogP contribution is 1.94. The molecule has 1 aromatic heterocycles. The van der Waals surface area contributed by atoms with Crippen molar-refractivity contribution in [2.24, 2.45) is 0 Å². The Labute approximate surface area is 74.0 Å². The van der Waals surface area contributed by atoms with Gasteiger partial charge in [-0.25, -0.2) is 0 Å². The Morgan fingerprint density at radius 3 is 3.00 bits per heavy atom. The van der Waals surface area contributed by atoms with Crippen molar-refractivity contribution in [1.29, 1.82) is 0 Å². The van der Waals surface area contributed by atoms with Gasteiger partial charge in [-0.05, 0) is 37.6 Å². The van der Waals surface area contributed by atoms with Crippen molar-refractivity contribution >= 4 is 0 Å². The molecule has 1 aromatic rings. The summed E-state index contributed by atoms with van der Waals surface area (Å²) < 4.78 is 0. The second-order valence-electron chi connectivity index (χ2n) is 2.86.